The molecular formula is C13H15FN2O5. The van der Waals surface area contributed by atoms with Crippen molar-refractivity contribution in [1.29, 1.82) is 0 Å². The minimum absolute atomic E-state index is 0.136. The van der Waals surface area contributed by atoms with Crippen molar-refractivity contribution >= 4 is 17.3 Å². The van der Waals surface area contributed by atoms with Gasteiger partial charge in [-0.05, 0) is 12.5 Å². The molecule has 1 aliphatic heterocycles. The van der Waals surface area contributed by atoms with Crippen LogP contribution in [-0.4, -0.2) is 42.8 Å². The molecule has 2 rings (SSSR count). The number of ether oxygens (including phenoxy) is 1. The Bertz CT molecular complexity index is 578. The average Bonchev–Trinajstić information content (AvgIpc) is 2.86. The quantitative estimate of drug-likeness (QED) is 0.659. The second-order valence-corrected chi connectivity index (χ2v) is 4.94. The number of benzene rings is 1. The molecule has 8 heteroatoms. The molecule has 1 aromatic carbocycles. The highest BCUT2D eigenvalue weighted by atomic mass is 19.1. The van der Waals surface area contributed by atoms with Crippen LogP contribution in [0.4, 0.5) is 15.8 Å². The molecule has 1 N–H and O–H groups in total. The van der Waals surface area contributed by atoms with Crippen molar-refractivity contribution in [2.24, 2.45) is 5.92 Å². The summed E-state index contributed by atoms with van der Waals surface area (Å²) in [5.41, 5.74) is -0.848. The Hall–Kier alpha value is -2.22. The molecule has 1 aromatic rings. The van der Waals surface area contributed by atoms with Crippen LogP contribution in [0.3, 0.4) is 0 Å². The van der Waals surface area contributed by atoms with Crippen LogP contribution in [0, 0.1) is 21.8 Å². The molecule has 114 valence electrons. The zero-order valence-electron chi connectivity index (χ0n) is 11.4. The van der Waals surface area contributed by atoms with Crippen molar-refractivity contribution in [2.75, 3.05) is 31.7 Å². The van der Waals surface area contributed by atoms with E-state index in [9.17, 15) is 19.3 Å². The van der Waals surface area contributed by atoms with Crippen LogP contribution in [0.5, 0.6) is 0 Å². The van der Waals surface area contributed by atoms with E-state index in [4.69, 9.17) is 9.84 Å². The Morgan fingerprint density at radius 2 is 2.33 bits per heavy atom. The second-order valence-electron chi connectivity index (χ2n) is 4.94. The number of rotatable bonds is 5. The van der Waals surface area contributed by atoms with E-state index in [-0.39, 0.29) is 11.6 Å². The third-order valence-electron chi connectivity index (χ3n) is 3.52. The van der Waals surface area contributed by atoms with Gasteiger partial charge in [-0.1, -0.05) is 0 Å². The number of nitro groups is 1. The van der Waals surface area contributed by atoms with E-state index in [1.54, 1.807) is 12.0 Å². The molecule has 0 bridgehead atoms. The molecule has 7 nitrogen and oxygen atoms in total. The molecule has 21 heavy (non-hydrogen) atoms. The summed E-state index contributed by atoms with van der Waals surface area (Å²) < 4.78 is 18.7. The van der Waals surface area contributed by atoms with Gasteiger partial charge in [0.1, 0.15) is 11.5 Å². The van der Waals surface area contributed by atoms with Crippen LogP contribution in [0.1, 0.15) is 16.8 Å². The molecule has 0 spiro atoms. The molecule has 1 atom stereocenters. The predicted octanol–water partition coefficient (Wildman–Crippen LogP) is 1.90. The van der Waals surface area contributed by atoms with Gasteiger partial charge < -0.3 is 14.7 Å². The molecule has 1 unspecified atom stereocenters. The van der Waals surface area contributed by atoms with E-state index in [0.29, 0.717) is 25.8 Å². The van der Waals surface area contributed by atoms with E-state index in [1.807, 2.05) is 0 Å². The Kier molecular flexibility index (Phi) is 4.37. The fourth-order valence-corrected chi connectivity index (χ4v) is 2.54. The number of nitro benzene ring substituents is 1. The van der Waals surface area contributed by atoms with Crippen LogP contribution in [0.15, 0.2) is 12.1 Å². The number of hydrogen-bond acceptors (Lipinski definition) is 5. The lowest BCUT2D eigenvalue weighted by molar-refractivity contribution is -0.384. The summed E-state index contributed by atoms with van der Waals surface area (Å²) in [7, 11) is 1.57. The van der Waals surface area contributed by atoms with E-state index in [1.165, 1.54) is 0 Å². The third-order valence-corrected chi connectivity index (χ3v) is 3.52. The Morgan fingerprint density at radius 1 is 1.62 bits per heavy atom. The minimum atomic E-state index is -1.45. The molecule has 0 amide bonds. The van der Waals surface area contributed by atoms with Crippen molar-refractivity contribution in [2.45, 2.75) is 6.42 Å². The number of methoxy groups -OCH3 is 1. The minimum Gasteiger partial charge on any atom is -0.478 e. The standard InChI is InChI=1S/C13H15FN2O5/c1-21-7-8-2-3-15(6-8)11-4-9(13(17)18)10(14)5-12(11)16(19)20/h4-5,8H,2-3,6-7H2,1H3,(H,17,18). The molecule has 1 fully saturated rings. The van der Waals surface area contributed by atoms with Crippen LogP contribution in [0.2, 0.25) is 0 Å². The summed E-state index contributed by atoms with van der Waals surface area (Å²) in [4.78, 5) is 23.0. The van der Waals surface area contributed by atoms with Gasteiger partial charge in [0.05, 0.1) is 23.2 Å². The smallest absolute Gasteiger partial charge is 0.338 e. The van der Waals surface area contributed by atoms with E-state index in [0.717, 1.165) is 12.5 Å². The zero-order valence-corrected chi connectivity index (χ0v) is 11.4. The van der Waals surface area contributed by atoms with E-state index >= 15 is 0 Å². The number of carboxylic acid groups (broad SMARTS) is 1. The highest BCUT2D eigenvalue weighted by molar-refractivity contribution is 5.90. The van der Waals surface area contributed by atoms with Crippen molar-refractivity contribution in [1.82, 2.24) is 0 Å². The molecule has 1 saturated heterocycles. The molecule has 0 saturated carbocycles. The number of nitrogens with zero attached hydrogens (tertiary/aromatic N) is 2. The normalized spacial score (nSPS) is 18.0. The van der Waals surface area contributed by atoms with Crippen LogP contribution >= 0.6 is 0 Å². The van der Waals surface area contributed by atoms with Crippen molar-refractivity contribution < 1.29 is 24.0 Å². The van der Waals surface area contributed by atoms with Gasteiger partial charge in [-0.2, -0.15) is 0 Å². The molecule has 1 heterocycles. The third kappa shape index (κ3) is 3.10. The summed E-state index contributed by atoms with van der Waals surface area (Å²) in [6, 6.07) is 1.70. The number of hydrogen-bond donors (Lipinski definition) is 1. The predicted molar refractivity (Wildman–Crippen MR) is 72.2 cm³/mol. The van der Waals surface area contributed by atoms with Gasteiger partial charge in [-0.25, -0.2) is 9.18 Å². The van der Waals surface area contributed by atoms with Crippen molar-refractivity contribution in [3.63, 3.8) is 0 Å². The molecule has 1 aliphatic rings. The van der Waals surface area contributed by atoms with Crippen LogP contribution in [-0.2, 0) is 4.74 Å². The first-order valence-corrected chi connectivity index (χ1v) is 6.39. The Morgan fingerprint density at radius 3 is 2.90 bits per heavy atom. The lowest BCUT2D eigenvalue weighted by Crippen LogP contribution is -2.22. The first-order chi connectivity index (χ1) is 9.93. The summed E-state index contributed by atoms with van der Waals surface area (Å²) in [6.07, 6.45) is 0.783. The van der Waals surface area contributed by atoms with Gasteiger partial charge in [0.2, 0.25) is 0 Å². The maximum absolute atomic E-state index is 13.6. The zero-order chi connectivity index (χ0) is 15.6. The van der Waals surface area contributed by atoms with Gasteiger partial charge in [0, 0.05) is 26.1 Å². The number of carbonyl (C=O) groups is 1. The first kappa shape index (κ1) is 15.2. The maximum Gasteiger partial charge on any atom is 0.338 e. The average molecular weight is 298 g/mol. The van der Waals surface area contributed by atoms with Crippen LogP contribution < -0.4 is 4.90 Å². The van der Waals surface area contributed by atoms with Crippen molar-refractivity contribution in [3.05, 3.63) is 33.6 Å². The van der Waals surface area contributed by atoms with E-state index < -0.39 is 28.0 Å². The topological polar surface area (TPSA) is 92.9 Å². The molecule has 0 aliphatic carbocycles. The first-order valence-electron chi connectivity index (χ1n) is 6.39. The van der Waals surface area contributed by atoms with Gasteiger partial charge in [0.15, 0.2) is 0 Å². The number of carboxylic acids is 1. The highest BCUT2D eigenvalue weighted by Crippen LogP contribution is 2.34. The fraction of sp³-hybridized carbons (Fsp3) is 0.462. The molecule has 0 aromatic heterocycles. The summed E-state index contributed by atoms with van der Waals surface area (Å²) >= 11 is 0. The lowest BCUT2D eigenvalue weighted by atomic mass is 10.1. The van der Waals surface area contributed by atoms with Gasteiger partial charge in [-0.3, -0.25) is 10.1 Å². The summed E-state index contributed by atoms with van der Waals surface area (Å²) in [5, 5.41) is 20.0. The number of anilines is 1. The number of halogens is 1. The largest absolute Gasteiger partial charge is 0.478 e. The van der Waals surface area contributed by atoms with Gasteiger partial charge in [-0.15, -0.1) is 0 Å². The molecular weight excluding hydrogens is 283 g/mol. The Balaban J connectivity index is 2.39. The van der Waals surface area contributed by atoms with Crippen molar-refractivity contribution in [3.8, 4) is 0 Å². The summed E-state index contributed by atoms with van der Waals surface area (Å²) in [5.74, 6) is -2.34. The molecule has 0 radical (unpaired) electrons. The highest BCUT2D eigenvalue weighted by Gasteiger charge is 2.30. The SMILES string of the molecule is COCC1CCN(c2cc(C(=O)O)c(F)cc2[N+](=O)[O-])C1. The van der Waals surface area contributed by atoms with Crippen LogP contribution in [0.25, 0.3) is 0 Å². The number of aromatic carboxylic acids is 1. The summed E-state index contributed by atoms with van der Waals surface area (Å²) in [6.45, 7) is 1.58. The second kappa shape index (κ2) is 6.04. The van der Waals surface area contributed by atoms with E-state index in [2.05, 4.69) is 0 Å². The Labute approximate surface area is 120 Å². The lowest BCUT2D eigenvalue weighted by Gasteiger charge is -2.19. The maximum atomic E-state index is 13.6. The van der Waals surface area contributed by atoms with Gasteiger partial charge in [0.25, 0.3) is 5.69 Å². The monoisotopic (exact) mass is 298 g/mol. The van der Waals surface area contributed by atoms with Gasteiger partial charge >= 0.3 is 5.97 Å². The fourth-order valence-electron chi connectivity index (χ4n) is 2.54.